The van der Waals surface area contributed by atoms with Gasteiger partial charge in [0.25, 0.3) is 5.91 Å². The molecule has 0 unspecified atom stereocenters. The zero-order valence-corrected chi connectivity index (χ0v) is 24.3. The molecule has 4 N–H and O–H groups in total. The molecule has 41 heavy (non-hydrogen) atoms. The minimum atomic E-state index is -0.0961. The molecule has 1 aliphatic heterocycles. The van der Waals surface area contributed by atoms with Crippen LogP contribution in [0.25, 0.3) is 5.57 Å². The van der Waals surface area contributed by atoms with Crippen molar-refractivity contribution in [2.45, 2.75) is 57.5 Å². The second-order valence-corrected chi connectivity index (χ2v) is 11.6. The maximum atomic E-state index is 13.0. The third kappa shape index (κ3) is 5.85. The number of nitrogens with zero attached hydrogens (tertiary/aromatic N) is 4. The number of fused-ring (bicyclic) bond motifs is 1. The number of nitrogens with two attached hydrogens (primary N) is 1. The van der Waals surface area contributed by atoms with Crippen molar-refractivity contribution in [3.63, 3.8) is 0 Å². The van der Waals surface area contributed by atoms with E-state index in [9.17, 15) is 4.79 Å². The monoisotopic (exact) mass is 569 g/mol. The van der Waals surface area contributed by atoms with Gasteiger partial charge in [0.15, 0.2) is 0 Å². The highest BCUT2D eigenvalue weighted by molar-refractivity contribution is 6.34. The van der Waals surface area contributed by atoms with Crippen molar-refractivity contribution in [3.05, 3.63) is 87.3 Å². The third-order valence-corrected chi connectivity index (χ3v) is 8.67. The fourth-order valence-electron chi connectivity index (χ4n) is 5.88. The first-order chi connectivity index (χ1) is 19.9. The zero-order chi connectivity index (χ0) is 28.5. The van der Waals surface area contributed by atoms with E-state index in [1.165, 1.54) is 12.8 Å². The van der Waals surface area contributed by atoms with E-state index >= 15 is 0 Å². The summed E-state index contributed by atoms with van der Waals surface area (Å²) in [7, 11) is 1.78. The van der Waals surface area contributed by atoms with Crippen molar-refractivity contribution < 1.29 is 4.79 Å². The van der Waals surface area contributed by atoms with E-state index in [1.807, 2.05) is 18.3 Å². The molecule has 3 aromatic rings. The number of aromatic nitrogens is 2. The lowest BCUT2D eigenvalue weighted by Gasteiger charge is -2.32. The number of likely N-dealkylation sites (tertiary alicyclic amines) is 1. The topological polar surface area (TPSA) is 109 Å². The summed E-state index contributed by atoms with van der Waals surface area (Å²) in [6, 6.07) is 14.4. The molecule has 2 fully saturated rings. The van der Waals surface area contributed by atoms with Crippen molar-refractivity contribution in [3.8, 4) is 0 Å². The largest absolute Gasteiger partial charge is 0.401 e. The molecular weight excluding hydrogens is 534 g/mol. The van der Waals surface area contributed by atoms with Gasteiger partial charge >= 0.3 is 0 Å². The minimum absolute atomic E-state index is 0.0961. The summed E-state index contributed by atoms with van der Waals surface area (Å²) < 4.78 is 0. The smallest absolute Gasteiger partial charge is 0.251 e. The Morgan fingerprint density at radius 2 is 1.88 bits per heavy atom. The maximum Gasteiger partial charge on any atom is 0.251 e. The number of benzene rings is 2. The number of carbonyl (C=O) groups excluding carboxylic acids is 1. The summed E-state index contributed by atoms with van der Waals surface area (Å²) in [5, 5.41) is 6.86. The van der Waals surface area contributed by atoms with Gasteiger partial charge in [0.1, 0.15) is 0 Å². The number of halogens is 1. The number of anilines is 2. The van der Waals surface area contributed by atoms with Crippen LogP contribution in [0.1, 0.15) is 64.8 Å². The summed E-state index contributed by atoms with van der Waals surface area (Å²) in [5.74, 6) is 0.305. The van der Waals surface area contributed by atoms with Crippen molar-refractivity contribution in [2.24, 2.45) is 10.7 Å². The second kappa shape index (κ2) is 11.6. The summed E-state index contributed by atoms with van der Waals surface area (Å²) >= 11 is 6.64. The van der Waals surface area contributed by atoms with Gasteiger partial charge < -0.3 is 21.3 Å². The van der Waals surface area contributed by atoms with E-state index < -0.39 is 0 Å². The molecule has 2 aromatic carbocycles. The van der Waals surface area contributed by atoms with Gasteiger partial charge in [-0.2, -0.15) is 0 Å². The van der Waals surface area contributed by atoms with Gasteiger partial charge in [-0.3, -0.25) is 9.79 Å². The van der Waals surface area contributed by atoms with E-state index in [4.69, 9.17) is 22.3 Å². The Labute approximate surface area is 246 Å². The van der Waals surface area contributed by atoms with E-state index in [-0.39, 0.29) is 11.9 Å². The molecule has 2 heterocycles. The molecule has 0 spiro atoms. The number of allylic oxidation sites excluding steroid dienone is 2. The predicted octanol–water partition coefficient (Wildman–Crippen LogP) is 5.27. The summed E-state index contributed by atoms with van der Waals surface area (Å²) in [4.78, 5) is 29.6. The number of hydrogen-bond acceptors (Lipinski definition) is 7. The summed E-state index contributed by atoms with van der Waals surface area (Å²) in [6.45, 7) is 4.18. The molecule has 9 heteroatoms. The standard InChI is InChI=1S/C32H36ClN7O/c1-19-5-3-4-6-24(19)30(35-2)28-26(34)11-7-21-18-36-32(39-29(21)28)38-27-12-8-20(17-25(27)33)31(41)37-22-13-15-40(16-14-22)23-9-10-23/h3-6,8,12,17-18,22-23H,7,9-11,13-16,34H2,1-2H3,(H,37,41)(H,36,38,39). The maximum absolute atomic E-state index is 13.0. The molecule has 8 nitrogen and oxygen atoms in total. The van der Waals surface area contributed by atoms with Crippen LogP contribution in [0.5, 0.6) is 0 Å². The van der Waals surface area contributed by atoms with Crippen LogP contribution < -0.4 is 16.4 Å². The highest BCUT2D eigenvalue weighted by Gasteiger charge is 2.32. The molecule has 6 rings (SSSR count). The molecule has 0 radical (unpaired) electrons. The van der Waals surface area contributed by atoms with Crippen LogP contribution in [0.3, 0.4) is 0 Å². The average Bonchev–Trinajstić information content (AvgIpc) is 3.83. The van der Waals surface area contributed by atoms with Crippen LogP contribution in [0.2, 0.25) is 5.02 Å². The molecule has 0 bridgehead atoms. The van der Waals surface area contributed by atoms with Crippen LogP contribution in [0.4, 0.5) is 11.6 Å². The lowest BCUT2D eigenvalue weighted by atomic mass is 9.87. The quantitative estimate of drug-likeness (QED) is 0.334. The first-order valence-electron chi connectivity index (χ1n) is 14.4. The Morgan fingerprint density at radius 3 is 2.59 bits per heavy atom. The van der Waals surface area contributed by atoms with E-state index in [1.54, 1.807) is 25.2 Å². The van der Waals surface area contributed by atoms with Crippen LogP contribution in [0, 0.1) is 6.92 Å². The molecule has 1 saturated carbocycles. The Bertz CT molecular complexity index is 1540. The second-order valence-electron chi connectivity index (χ2n) is 11.2. The minimum Gasteiger partial charge on any atom is -0.401 e. The van der Waals surface area contributed by atoms with Crippen LogP contribution in [-0.2, 0) is 6.42 Å². The molecule has 212 valence electrons. The Hall–Kier alpha value is -3.75. The van der Waals surface area contributed by atoms with Crippen LogP contribution in [0.15, 0.2) is 59.4 Å². The highest BCUT2D eigenvalue weighted by atomic mass is 35.5. The molecule has 1 saturated heterocycles. The number of aryl methyl sites for hydroxylation is 2. The van der Waals surface area contributed by atoms with Gasteiger partial charge in [-0.15, -0.1) is 0 Å². The number of nitrogens with one attached hydrogen (secondary N) is 2. The van der Waals surface area contributed by atoms with Gasteiger partial charge in [-0.05, 0) is 74.8 Å². The molecular formula is C32H36ClN7O. The van der Waals surface area contributed by atoms with Crippen molar-refractivity contribution in [1.82, 2.24) is 20.2 Å². The number of amides is 1. The SMILES string of the molecule is CN=C(C1=C(N)CCc2cnc(Nc3ccc(C(=O)NC4CCN(C5CC5)CC4)cc3Cl)nc21)c1ccccc1C. The van der Waals surface area contributed by atoms with Crippen molar-refractivity contribution >= 4 is 40.4 Å². The van der Waals surface area contributed by atoms with Gasteiger partial charge in [-0.1, -0.05) is 35.9 Å². The zero-order valence-electron chi connectivity index (χ0n) is 23.6. The van der Waals surface area contributed by atoms with Crippen LogP contribution in [-0.4, -0.2) is 58.7 Å². The Morgan fingerprint density at radius 1 is 1.10 bits per heavy atom. The number of piperidine rings is 1. The first kappa shape index (κ1) is 27.4. The van der Waals surface area contributed by atoms with Gasteiger partial charge in [-0.25, -0.2) is 9.97 Å². The van der Waals surface area contributed by atoms with Gasteiger partial charge in [0.2, 0.25) is 5.95 Å². The Kier molecular flexibility index (Phi) is 7.77. The number of aliphatic imine (C=N–C) groups is 1. The van der Waals surface area contributed by atoms with E-state index in [0.717, 1.165) is 84.2 Å². The average molecular weight is 570 g/mol. The molecule has 0 atom stereocenters. The lowest BCUT2D eigenvalue weighted by Crippen LogP contribution is -2.45. The fourth-order valence-corrected chi connectivity index (χ4v) is 6.11. The molecule has 1 amide bonds. The lowest BCUT2D eigenvalue weighted by molar-refractivity contribution is 0.0909. The predicted molar refractivity (Wildman–Crippen MR) is 165 cm³/mol. The summed E-state index contributed by atoms with van der Waals surface area (Å²) in [5.41, 5.74) is 14.1. The molecule has 2 aliphatic carbocycles. The number of carbonyl (C=O) groups is 1. The fraction of sp³-hybridized carbons (Fsp3) is 0.375. The first-order valence-corrected chi connectivity index (χ1v) is 14.8. The molecule has 1 aromatic heterocycles. The highest BCUT2D eigenvalue weighted by Crippen LogP contribution is 2.33. The van der Waals surface area contributed by atoms with Crippen LogP contribution >= 0.6 is 11.6 Å². The molecule has 3 aliphatic rings. The van der Waals surface area contributed by atoms with Gasteiger partial charge in [0.05, 0.1) is 22.1 Å². The van der Waals surface area contributed by atoms with Gasteiger partial charge in [0, 0.05) is 60.8 Å². The number of rotatable bonds is 7. The Balaban J connectivity index is 1.19. The third-order valence-electron chi connectivity index (χ3n) is 8.35. The van der Waals surface area contributed by atoms with E-state index in [2.05, 4.69) is 44.6 Å². The normalized spacial score (nSPS) is 18.3. The van der Waals surface area contributed by atoms with E-state index in [0.29, 0.717) is 22.2 Å². The van der Waals surface area contributed by atoms with Crippen molar-refractivity contribution in [2.75, 3.05) is 25.5 Å². The van der Waals surface area contributed by atoms with Crippen molar-refractivity contribution in [1.29, 1.82) is 0 Å². The number of hydrogen-bond donors (Lipinski definition) is 3. The summed E-state index contributed by atoms with van der Waals surface area (Å²) in [6.07, 6.45) is 7.94.